The van der Waals surface area contributed by atoms with Crippen LogP contribution in [0, 0.1) is 6.92 Å². The lowest BCUT2D eigenvalue weighted by atomic mass is 10.1. The first kappa shape index (κ1) is 14.7. The van der Waals surface area contributed by atoms with Gasteiger partial charge in [-0.2, -0.15) is 8.78 Å². The van der Waals surface area contributed by atoms with Crippen LogP contribution in [0.3, 0.4) is 0 Å². The topological polar surface area (TPSA) is 34.4 Å². The lowest BCUT2D eigenvalue weighted by Gasteiger charge is -2.08. The van der Waals surface area contributed by atoms with Gasteiger partial charge in [0.25, 0.3) is 5.78 Å². The minimum Gasteiger partial charge on any atom is -0.296 e. The fourth-order valence-corrected chi connectivity index (χ4v) is 2.35. The second-order valence-electron chi connectivity index (χ2n) is 4.93. The Hall–Kier alpha value is -2.27. The standard InChI is InChI=1S/C16H11ClF2N2O/c1-10-5-7-11(8-6-10)13-14(15(22)16(17,18)19)21-9-3-2-4-12(21)20-13/h2-9H,1H3. The summed E-state index contributed by atoms with van der Waals surface area (Å²) in [5, 5.41) is -3.98. The van der Waals surface area contributed by atoms with Gasteiger partial charge in [-0.15, -0.1) is 0 Å². The van der Waals surface area contributed by atoms with E-state index in [1.165, 1.54) is 10.6 Å². The molecule has 0 unspecified atom stereocenters. The molecular weight excluding hydrogens is 310 g/mol. The van der Waals surface area contributed by atoms with Crippen LogP contribution in [0.4, 0.5) is 8.78 Å². The molecule has 0 N–H and O–H groups in total. The van der Waals surface area contributed by atoms with Gasteiger partial charge in [0.05, 0.1) is 0 Å². The molecule has 112 valence electrons. The number of carbonyl (C=O) groups excluding carboxylic acids is 1. The number of carbonyl (C=O) groups is 1. The molecule has 0 aliphatic rings. The second kappa shape index (κ2) is 5.18. The first-order valence-corrected chi connectivity index (χ1v) is 6.91. The van der Waals surface area contributed by atoms with Gasteiger partial charge in [0.1, 0.15) is 17.0 Å². The molecule has 0 bridgehead atoms. The molecule has 1 aromatic carbocycles. The molecule has 3 nitrogen and oxygen atoms in total. The highest BCUT2D eigenvalue weighted by Crippen LogP contribution is 2.31. The normalized spacial score (nSPS) is 11.8. The number of hydrogen-bond acceptors (Lipinski definition) is 2. The van der Waals surface area contributed by atoms with Crippen LogP contribution in [0.25, 0.3) is 16.9 Å². The van der Waals surface area contributed by atoms with Crippen LogP contribution in [-0.2, 0) is 0 Å². The summed E-state index contributed by atoms with van der Waals surface area (Å²) in [6, 6.07) is 12.1. The molecule has 2 aromatic heterocycles. The molecule has 0 aliphatic carbocycles. The number of aromatic nitrogens is 2. The number of hydrogen-bond donors (Lipinski definition) is 0. The maximum absolute atomic E-state index is 13.3. The van der Waals surface area contributed by atoms with E-state index in [1.54, 1.807) is 30.3 Å². The van der Waals surface area contributed by atoms with Gasteiger partial charge in [0.15, 0.2) is 0 Å². The number of alkyl halides is 3. The van der Waals surface area contributed by atoms with Crippen LogP contribution in [0.1, 0.15) is 16.1 Å². The van der Waals surface area contributed by atoms with Crippen LogP contribution in [0.2, 0.25) is 0 Å². The van der Waals surface area contributed by atoms with Crippen LogP contribution in [-0.4, -0.2) is 20.5 Å². The lowest BCUT2D eigenvalue weighted by molar-refractivity contribution is 0.0530. The minimum absolute atomic E-state index is 0.191. The van der Waals surface area contributed by atoms with Gasteiger partial charge in [0.2, 0.25) is 0 Å². The Labute approximate surface area is 130 Å². The highest BCUT2D eigenvalue weighted by molar-refractivity contribution is 6.35. The van der Waals surface area contributed by atoms with Gasteiger partial charge in [-0.25, -0.2) is 4.98 Å². The number of benzene rings is 1. The summed E-state index contributed by atoms with van der Waals surface area (Å²) >= 11 is 4.94. The van der Waals surface area contributed by atoms with Crippen molar-refractivity contribution >= 4 is 23.0 Å². The molecular formula is C16H11ClF2N2O. The summed E-state index contributed by atoms with van der Waals surface area (Å²) in [5.41, 5.74) is 1.97. The van der Waals surface area contributed by atoms with E-state index in [4.69, 9.17) is 11.6 Å². The third kappa shape index (κ3) is 2.48. The van der Waals surface area contributed by atoms with Crippen LogP contribution in [0.15, 0.2) is 48.7 Å². The van der Waals surface area contributed by atoms with Gasteiger partial charge in [-0.1, -0.05) is 35.9 Å². The van der Waals surface area contributed by atoms with E-state index in [2.05, 4.69) is 4.98 Å². The van der Waals surface area contributed by atoms with Crippen molar-refractivity contribution in [1.29, 1.82) is 0 Å². The van der Waals surface area contributed by atoms with Gasteiger partial charge >= 0.3 is 5.38 Å². The van der Waals surface area contributed by atoms with E-state index in [-0.39, 0.29) is 11.4 Å². The number of rotatable bonds is 3. The van der Waals surface area contributed by atoms with Crippen molar-refractivity contribution in [2.24, 2.45) is 0 Å². The highest BCUT2D eigenvalue weighted by Gasteiger charge is 2.40. The average Bonchev–Trinajstić information content (AvgIpc) is 2.85. The SMILES string of the molecule is Cc1ccc(-c2nc3ccccn3c2C(=O)C(F)(F)Cl)cc1. The molecule has 0 radical (unpaired) electrons. The number of aryl methyl sites for hydroxylation is 1. The lowest BCUT2D eigenvalue weighted by Crippen LogP contribution is -2.23. The summed E-state index contributed by atoms with van der Waals surface area (Å²) < 4.78 is 28.0. The minimum atomic E-state index is -3.98. The molecule has 0 saturated heterocycles. The Balaban J connectivity index is 2.30. The zero-order valence-corrected chi connectivity index (χ0v) is 12.3. The van der Waals surface area contributed by atoms with Crippen molar-refractivity contribution < 1.29 is 13.6 Å². The summed E-state index contributed by atoms with van der Waals surface area (Å²) in [6.07, 6.45) is 1.51. The Kier molecular flexibility index (Phi) is 3.45. The number of imidazole rings is 1. The highest BCUT2D eigenvalue weighted by atomic mass is 35.5. The zero-order valence-electron chi connectivity index (χ0n) is 11.6. The largest absolute Gasteiger partial charge is 0.386 e. The summed E-state index contributed by atoms with van der Waals surface area (Å²) in [4.78, 5) is 16.4. The average molecular weight is 321 g/mol. The van der Waals surface area contributed by atoms with Gasteiger partial charge in [0, 0.05) is 11.8 Å². The fraction of sp³-hybridized carbons (Fsp3) is 0.125. The molecule has 0 fully saturated rings. The molecule has 3 rings (SSSR count). The van der Waals surface area contributed by atoms with Crippen LogP contribution in [0.5, 0.6) is 0 Å². The Morgan fingerprint density at radius 3 is 2.50 bits per heavy atom. The third-order valence-corrected chi connectivity index (χ3v) is 3.50. The van der Waals surface area contributed by atoms with Crippen molar-refractivity contribution in [3.8, 4) is 11.3 Å². The Morgan fingerprint density at radius 2 is 1.86 bits per heavy atom. The van der Waals surface area contributed by atoms with Gasteiger partial charge in [-0.05, 0) is 30.7 Å². The number of Topliss-reactive ketones (excluding diaryl/α,β-unsaturated/α-hetero) is 1. The predicted octanol–water partition coefficient (Wildman–Crippen LogP) is 4.32. The number of fused-ring (bicyclic) bond motifs is 1. The van der Waals surface area contributed by atoms with Crippen molar-refractivity contribution in [3.63, 3.8) is 0 Å². The van der Waals surface area contributed by atoms with Crippen LogP contribution < -0.4 is 0 Å². The molecule has 0 amide bonds. The number of ketones is 1. The molecule has 0 aliphatic heterocycles. The maximum Gasteiger partial charge on any atom is 0.386 e. The fourth-order valence-electron chi connectivity index (χ4n) is 2.26. The van der Waals surface area contributed by atoms with Gasteiger partial charge in [-0.3, -0.25) is 9.20 Å². The first-order chi connectivity index (χ1) is 10.4. The summed E-state index contributed by atoms with van der Waals surface area (Å²) in [5.74, 6) is -1.47. The maximum atomic E-state index is 13.3. The third-order valence-electron chi connectivity index (χ3n) is 3.33. The zero-order chi connectivity index (χ0) is 15.9. The monoisotopic (exact) mass is 320 g/mol. The summed E-state index contributed by atoms with van der Waals surface area (Å²) in [6.45, 7) is 1.91. The molecule has 0 atom stereocenters. The van der Waals surface area contributed by atoms with Crippen molar-refractivity contribution in [2.45, 2.75) is 12.3 Å². The number of pyridine rings is 1. The van der Waals surface area contributed by atoms with Gasteiger partial charge < -0.3 is 0 Å². The molecule has 3 aromatic rings. The predicted molar refractivity (Wildman–Crippen MR) is 80.5 cm³/mol. The smallest absolute Gasteiger partial charge is 0.296 e. The Bertz CT molecular complexity index is 851. The van der Waals surface area contributed by atoms with Crippen LogP contribution >= 0.6 is 11.6 Å². The molecule has 22 heavy (non-hydrogen) atoms. The van der Waals surface area contributed by atoms with Crippen molar-refractivity contribution in [2.75, 3.05) is 0 Å². The molecule has 0 saturated carbocycles. The molecule has 2 heterocycles. The van der Waals surface area contributed by atoms with E-state index in [0.717, 1.165) is 5.56 Å². The van der Waals surface area contributed by atoms with E-state index < -0.39 is 11.2 Å². The second-order valence-corrected chi connectivity index (χ2v) is 5.41. The Morgan fingerprint density at radius 1 is 1.18 bits per heavy atom. The van der Waals surface area contributed by atoms with E-state index in [1.807, 2.05) is 19.1 Å². The van der Waals surface area contributed by atoms with E-state index in [9.17, 15) is 13.6 Å². The van der Waals surface area contributed by atoms with Crippen molar-refractivity contribution in [1.82, 2.24) is 9.38 Å². The number of halogens is 3. The van der Waals surface area contributed by atoms with Crippen molar-refractivity contribution in [3.05, 3.63) is 59.9 Å². The summed E-state index contributed by atoms with van der Waals surface area (Å²) in [7, 11) is 0. The number of nitrogens with zero attached hydrogens (tertiary/aromatic N) is 2. The first-order valence-electron chi connectivity index (χ1n) is 6.53. The quantitative estimate of drug-likeness (QED) is 0.532. The van der Waals surface area contributed by atoms with E-state index >= 15 is 0 Å². The molecule has 6 heteroatoms. The van der Waals surface area contributed by atoms with E-state index in [0.29, 0.717) is 11.2 Å². The molecule has 0 spiro atoms.